The molecule has 1 aliphatic rings. The molecule has 2 aromatic carbocycles. The zero-order valence-corrected chi connectivity index (χ0v) is 14.9. The van der Waals surface area contributed by atoms with Crippen LogP contribution in [0.15, 0.2) is 42.5 Å². The Hall–Kier alpha value is -2.60. The van der Waals surface area contributed by atoms with Crippen molar-refractivity contribution in [3.8, 4) is 0 Å². The van der Waals surface area contributed by atoms with Gasteiger partial charge < -0.3 is 15.5 Å². The van der Waals surface area contributed by atoms with Crippen LogP contribution in [0.25, 0.3) is 0 Å². The highest BCUT2D eigenvalue weighted by Gasteiger charge is 2.19. The number of amides is 2. The molecule has 0 aromatic heterocycles. The highest BCUT2D eigenvalue weighted by Crippen LogP contribution is 2.19. The summed E-state index contributed by atoms with van der Waals surface area (Å²) < 4.78 is 13.1. The number of likely N-dealkylation sites (tertiary alicyclic amines) is 1. The van der Waals surface area contributed by atoms with Gasteiger partial charge in [-0.1, -0.05) is 11.6 Å². The van der Waals surface area contributed by atoms with Crippen LogP contribution in [0, 0.1) is 5.82 Å². The number of nitrogens with zero attached hydrogens (tertiary/aromatic N) is 1. The van der Waals surface area contributed by atoms with Crippen LogP contribution >= 0.6 is 11.6 Å². The highest BCUT2D eigenvalue weighted by atomic mass is 35.5. The van der Waals surface area contributed by atoms with E-state index in [2.05, 4.69) is 10.6 Å². The molecule has 0 radical (unpaired) electrons. The smallest absolute Gasteiger partial charge is 0.253 e. The number of hydrogen-bond acceptors (Lipinski definition) is 3. The van der Waals surface area contributed by atoms with E-state index in [0.29, 0.717) is 11.3 Å². The molecular weight excluding hydrogens is 357 g/mol. The number of halogens is 2. The molecule has 0 bridgehead atoms. The van der Waals surface area contributed by atoms with E-state index in [1.165, 1.54) is 18.2 Å². The second kappa shape index (κ2) is 8.19. The predicted molar refractivity (Wildman–Crippen MR) is 100 cm³/mol. The highest BCUT2D eigenvalue weighted by molar-refractivity contribution is 6.31. The number of benzene rings is 2. The summed E-state index contributed by atoms with van der Waals surface area (Å²) in [6, 6.07) is 11.0. The van der Waals surface area contributed by atoms with Crippen molar-refractivity contribution >= 4 is 34.8 Å². The summed E-state index contributed by atoms with van der Waals surface area (Å²) >= 11 is 5.68. The van der Waals surface area contributed by atoms with Gasteiger partial charge in [-0.2, -0.15) is 0 Å². The van der Waals surface area contributed by atoms with Crippen LogP contribution in [0.4, 0.5) is 15.8 Å². The average molecular weight is 376 g/mol. The van der Waals surface area contributed by atoms with E-state index in [4.69, 9.17) is 11.6 Å². The van der Waals surface area contributed by atoms with Crippen LogP contribution in [0.3, 0.4) is 0 Å². The average Bonchev–Trinajstić information content (AvgIpc) is 3.18. The predicted octanol–water partition coefficient (Wildman–Crippen LogP) is 3.77. The molecule has 1 fully saturated rings. The second-order valence-electron chi connectivity index (χ2n) is 6.11. The summed E-state index contributed by atoms with van der Waals surface area (Å²) in [5, 5.41) is 5.57. The van der Waals surface area contributed by atoms with Crippen molar-refractivity contribution in [1.29, 1.82) is 0 Å². The van der Waals surface area contributed by atoms with E-state index >= 15 is 0 Å². The molecule has 0 spiro atoms. The maximum Gasteiger partial charge on any atom is 0.253 e. The van der Waals surface area contributed by atoms with Crippen LogP contribution in [0.1, 0.15) is 23.2 Å². The maximum absolute atomic E-state index is 13.1. The lowest BCUT2D eigenvalue weighted by atomic mass is 10.2. The Morgan fingerprint density at radius 3 is 2.35 bits per heavy atom. The zero-order chi connectivity index (χ0) is 18.5. The number of nitrogens with one attached hydrogen (secondary N) is 2. The molecule has 5 nitrogen and oxygen atoms in total. The first-order valence-corrected chi connectivity index (χ1v) is 8.79. The topological polar surface area (TPSA) is 61.4 Å². The molecular formula is C19H19ClFN3O2. The lowest BCUT2D eigenvalue weighted by molar-refractivity contribution is -0.114. The monoisotopic (exact) mass is 375 g/mol. The Kier molecular flexibility index (Phi) is 5.73. The summed E-state index contributed by atoms with van der Waals surface area (Å²) in [6.45, 7) is 1.66. The second-order valence-corrected chi connectivity index (χ2v) is 6.51. The largest absolute Gasteiger partial charge is 0.376 e. The maximum atomic E-state index is 13.1. The van der Waals surface area contributed by atoms with Gasteiger partial charge in [-0.3, -0.25) is 9.59 Å². The lowest BCUT2D eigenvalue weighted by Crippen LogP contribution is -2.27. The van der Waals surface area contributed by atoms with Gasteiger partial charge in [0.05, 0.1) is 11.6 Å². The first-order valence-electron chi connectivity index (χ1n) is 8.41. The number of rotatable bonds is 5. The van der Waals surface area contributed by atoms with E-state index in [1.54, 1.807) is 24.3 Å². The summed E-state index contributed by atoms with van der Waals surface area (Å²) in [7, 11) is 0. The number of anilines is 2. The van der Waals surface area contributed by atoms with Crippen molar-refractivity contribution in [3.63, 3.8) is 0 Å². The van der Waals surface area contributed by atoms with Gasteiger partial charge in [0.25, 0.3) is 5.91 Å². The van der Waals surface area contributed by atoms with Crippen LogP contribution < -0.4 is 10.6 Å². The number of carbonyl (C=O) groups excluding carboxylic acids is 2. The van der Waals surface area contributed by atoms with Crippen LogP contribution in [0.2, 0.25) is 5.02 Å². The molecule has 1 aliphatic heterocycles. The Balaban J connectivity index is 1.51. The number of carbonyl (C=O) groups is 2. The fourth-order valence-corrected chi connectivity index (χ4v) is 2.98. The molecule has 7 heteroatoms. The van der Waals surface area contributed by atoms with Crippen molar-refractivity contribution < 1.29 is 14.0 Å². The molecule has 3 rings (SSSR count). The third-order valence-electron chi connectivity index (χ3n) is 4.18. The summed E-state index contributed by atoms with van der Waals surface area (Å²) in [5.41, 5.74) is 1.80. The third-order valence-corrected chi connectivity index (χ3v) is 4.47. The van der Waals surface area contributed by atoms with E-state index < -0.39 is 5.82 Å². The van der Waals surface area contributed by atoms with Gasteiger partial charge >= 0.3 is 0 Å². The normalized spacial score (nSPS) is 13.5. The fraction of sp³-hybridized carbons (Fsp3) is 0.263. The van der Waals surface area contributed by atoms with Gasteiger partial charge in [-0.15, -0.1) is 0 Å². The molecule has 136 valence electrons. The minimum atomic E-state index is -0.536. The molecule has 0 saturated carbocycles. The minimum Gasteiger partial charge on any atom is -0.376 e. The first-order chi connectivity index (χ1) is 12.5. The van der Waals surface area contributed by atoms with Crippen molar-refractivity contribution in [2.45, 2.75) is 12.8 Å². The molecule has 0 aliphatic carbocycles. The molecule has 1 saturated heterocycles. The van der Waals surface area contributed by atoms with Gasteiger partial charge in [0.15, 0.2) is 0 Å². The summed E-state index contributed by atoms with van der Waals surface area (Å²) in [6.07, 6.45) is 2.11. The summed E-state index contributed by atoms with van der Waals surface area (Å²) in [4.78, 5) is 26.1. The molecule has 0 unspecified atom stereocenters. The SMILES string of the molecule is O=C(CNc1ccc(C(=O)N2CCCC2)cc1)Nc1ccc(F)c(Cl)c1. The van der Waals surface area contributed by atoms with Gasteiger partial charge in [0, 0.05) is 30.0 Å². The molecule has 26 heavy (non-hydrogen) atoms. The van der Waals surface area contributed by atoms with E-state index in [9.17, 15) is 14.0 Å². The first kappa shape index (κ1) is 18.2. The number of hydrogen-bond donors (Lipinski definition) is 2. The Bertz CT molecular complexity index is 805. The van der Waals surface area contributed by atoms with Gasteiger partial charge in [-0.25, -0.2) is 4.39 Å². The van der Waals surface area contributed by atoms with E-state index in [-0.39, 0.29) is 23.4 Å². The van der Waals surface area contributed by atoms with Crippen LogP contribution in [-0.4, -0.2) is 36.3 Å². The Morgan fingerprint density at radius 1 is 1.04 bits per heavy atom. The molecule has 1 heterocycles. The van der Waals surface area contributed by atoms with E-state index in [1.807, 2.05) is 4.90 Å². The lowest BCUT2D eigenvalue weighted by Gasteiger charge is -2.15. The standard InChI is InChI=1S/C19H19ClFN3O2/c20-16-11-15(7-8-17(16)21)23-18(25)12-22-14-5-3-13(4-6-14)19(26)24-9-1-2-10-24/h3-8,11,22H,1-2,9-10,12H2,(H,23,25). The fourth-order valence-electron chi connectivity index (χ4n) is 2.79. The Morgan fingerprint density at radius 2 is 1.69 bits per heavy atom. The zero-order valence-electron chi connectivity index (χ0n) is 14.1. The van der Waals surface area contributed by atoms with Gasteiger partial charge in [0.2, 0.25) is 5.91 Å². The van der Waals surface area contributed by atoms with Crippen molar-refractivity contribution in [2.75, 3.05) is 30.3 Å². The Labute approximate surface area is 156 Å². The van der Waals surface area contributed by atoms with E-state index in [0.717, 1.165) is 31.6 Å². The van der Waals surface area contributed by atoms with Crippen molar-refractivity contribution in [1.82, 2.24) is 4.90 Å². The van der Waals surface area contributed by atoms with Crippen LogP contribution in [-0.2, 0) is 4.79 Å². The quantitative estimate of drug-likeness (QED) is 0.836. The summed E-state index contributed by atoms with van der Waals surface area (Å²) in [5.74, 6) is -0.781. The molecule has 2 aromatic rings. The van der Waals surface area contributed by atoms with Crippen molar-refractivity contribution in [2.24, 2.45) is 0 Å². The van der Waals surface area contributed by atoms with Crippen molar-refractivity contribution in [3.05, 3.63) is 58.9 Å². The van der Waals surface area contributed by atoms with Crippen LogP contribution in [0.5, 0.6) is 0 Å². The van der Waals surface area contributed by atoms with Gasteiger partial charge in [0.1, 0.15) is 5.82 Å². The molecule has 0 atom stereocenters. The third kappa shape index (κ3) is 4.52. The minimum absolute atomic E-state index is 0.0361. The molecule has 2 amide bonds. The molecule has 2 N–H and O–H groups in total. The van der Waals surface area contributed by atoms with Gasteiger partial charge in [-0.05, 0) is 55.3 Å².